The number of benzene rings is 3. The number of pyridine rings is 1. The van der Waals surface area contributed by atoms with Crippen LogP contribution >= 0.6 is 0 Å². The van der Waals surface area contributed by atoms with E-state index in [2.05, 4.69) is 91.5 Å². The van der Waals surface area contributed by atoms with E-state index in [1.165, 1.54) is 17.2 Å². The van der Waals surface area contributed by atoms with Gasteiger partial charge in [-0.2, -0.15) is 4.98 Å². The molecule has 0 bridgehead atoms. The lowest BCUT2D eigenvalue weighted by molar-refractivity contribution is -0.384. The van der Waals surface area contributed by atoms with Gasteiger partial charge in [0.2, 0.25) is 5.88 Å². The van der Waals surface area contributed by atoms with Crippen molar-refractivity contribution in [2.24, 2.45) is 5.41 Å². The van der Waals surface area contributed by atoms with Crippen LogP contribution in [-0.4, -0.2) is 160 Å². The number of nitrogens with zero attached hydrogens (tertiary/aromatic N) is 7. The highest BCUT2D eigenvalue weighted by Gasteiger charge is 2.50. The van der Waals surface area contributed by atoms with Crippen LogP contribution in [0, 0.1) is 15.5 Å². The Labute approximate surface area is 444 Å². The molecule has 1 spiro atoms. The number of hydrogen-bond donors (Lipinski definition) is 3. The van der Waals surface area contributed by atoms with Gasteiger partial charge in [-0.15, -0.1) is 0 Å². The number of piperazine rings is 1. The van der Waals surface area contributed by atoms with Crippen LogP contribution in [0.3, 0.4) is 0 Å². The number of nitro benzene ring substituents is 1. The van der Waals surface area contributed by atoms with Gasteiger partial charge in [-0.05, 0) is 98.7 Å². The number of H-pyrrole nitrogens is 1. The van der Waals surface area contributed by atoms with Crippen LogP contribution in [0.1, 0.15) is 93.2 Å². The number of sulfonamides is 1. The summed E-state index contributed by atoms with van der Waals surface area (Å²) in [7, 11) is -4.70. The van der Waals surface area contributed by atoms with E-state index in [-0.39, 0.29) is 47.1 Å². The van der Waals surface area contributed by atoms with Crippen molar-refractivity contribution >= 4 is 55.4 Å². The molecule has 4 atom stereocenters. The summed E-state index contributed by atoms with van der Waals surface area (Å²) in [4.78, 5) is 46.4. The Bertz CT molecular complexity index is 3110. The van der Waals surface area contributed by atoms with Crippen LogP contribution in [-0.2, 0) is 19.5 Å². The molecule has 404 valence electrons. The van der Waals surface area contributed by atoms with Crippen LogP contribution in [0.2, 0.25) is 0 Å². The SMILES string of the molecule is CC(C)c1ccccc1[C@@H]1COCCN1C1CC2(CCN(c3ccc(C(=O)NS(=O)(=O)c4cc5c(c([N+](=O)[O-])c4)N[C@H](CN4CCN(C(C)C)CC4)CO5)c(N4c5cc6cc[nH]c6nc5O[C@H]5COCC[C@@H]54)c3)CC2)C1. The lowest BCUT2D eigenvalue weighted by atomic mass is 9.59. The highest BCUT2D eigenvalue weighted by Crippen LogP contribution is 2.54. The molecule has 20 heteroatoms. The molecule has 76 heavy (non-hydrogen) atoms. The van der Waals surface area contributed by atoms with Gasteiger partial charge in [-0.25, -0.2) is 13.1 Å². The number of ether oxygens (including phenoxy) is 4. The highest BCUT2D eigenvalue weighted by atomic mass is 32.2. The average molecular weight is 1060 g/mol. The zero-order chi connectivity index (χ0) is 52.5. The number of carbonyl (C=O) groups excluding carboxylic acids is 1. The van der Waals surface area contributed by atoms with Crippen LogP contribution in [0.5, 0.6) is 11.6 Å². The molecule has 0 unspecified atom stereocenters. The fourth-order valence-electron chi connectivity index (χ4n) is 13.2. The number of fused-ring (bicyclic) bond motifs is 4. The van der Waals surface area contributed by atoms with Crippen molar-refractivity contribution in [3.63, 3.8) is 0 Å². The number of hydrogen-bond acceptors (Lipinski definition) is 16. The molecule has 4 saturated heterocycles. The molecule has 19 nitrogen and oxygen atoms in total. The number of anilines is 4. The lowest BCUT2D eigenvalue weighted by Gasteiger charge is -2.57. The van der Waals surface area contributed by atoms with Gasteiger partial charge < -0.3 is 39.0 Å². The van der Waals surface area contributed by atoms with E-state index in [1.54, 1.807) is 6.07 Å². The van der Waals surface area contributed by atoms with Gasteiger partial charge in [0.05, 0.1) is 59.0 Å². The van der Waals surface area contributed by atoms with Gasteiger partial charge in [-0.3, -0.25) is 29.6 Å². The summed E-state index contributed by atoms with van der Waals surface area (Å²) in [5.74, 6) is -0.0599. The van der Waals surface area contributed by atoms with E-state index in [0.717, 1.165) is 95.2 Å². The Morgan fingerprint density at radius 1 is 0.908 bits per heavy atom. The molecule has 12 rings (SSSR count). The van der Waals surface area contributed by atoms with Crippen LogP contribution < -0.4 is 29.3 Å². The predicted octanol–water partition coefficient (Wildman–Crippen LogP) is 7.42. The predicted molar refractivity (Wildman–Crippen MR) is 290 cm³/mol. The maximum atomic E-state index is 14.9. The zero-order valence-electron chi connectivity index (χ0n) is 43.9. The van der Waals surface area contributed by atoms with Gasteiger partial charge in [-0.1, -0.05) is 38.1 Å². The van der Waals surface area contributed by atoms with E-state index in [1.807, 2.05) is 30.5 Å². The molecule has 2 aromatic heterocycles. The lowest BCUT2D eigenvalue weighted by Crippen LogP contribution is -2.58. The Hall–Kier alpha value is -6.03. The third-order valence-electron chi connectivity index (χ3n) is 17.4. The molecular formula is C56H70N10O9S. The van der Waals surface area contributed by atoms with Crippen LogP contribution in [0.4, 0.5) is 28.4 Å². The normalized spacial score (nSPS) is 24.3. The molecular weight excluding hydrogens is 989 g/mol. The molecule has 8 heterocycles. The van der Waals surface area contributed by atoms with E-state index < -0.39 is 37.5 Å². The average Bonchev–Trinajstić information content (AvgIpc) is 3.94. The van der Waals surface area contributed by atoms with Crippen molar-refractivity contribution in [3.8, 4) is 11.6 Å². The molecule has 3 aromatic carbocycles. The summed E-state index contributed by atoms with van der Waals surface area (Å²) in [5, 5.41) is 16.8. The summed E-state index contributed by atoms with van der Waals surface area (Å²) in [5.41, 5.74) is 5.47. The minimum Gasteiger partial charge on any atom is -0.489 e. The first-order valence-corrected chi connectivity index (χ1v) is 28.8. The van der Waals surface area contributed by atoms with E-state index in [4.69, 9.17) is 23.9 Å². The van der Waals surface area contributed by atoms with Crippen LogP contribution in [0.25, 0.3) is 11.0 Å². The standard InChI is InChI=1S/C56H70N10O9S/c1-35(2)42-7-5-6-8-43(42)49-33-73-24-22-64(49)40-29-56(30-40)13-16-63(17-14-56)39-9-10-44(46(26-39)65-45-12-23-72-34-51(45)75-55-48(65)25-37-11-15-57-53(37)59-55)54(67)60-76(70,71)41-27-47(66(68)69)52-50(28-41)74-32-38(58-52)31-61-18-20-62(21-19-61)36(3)4/h5-11,15,25-28,35-36,38,40,45,49,51,58H,12-14,16-24,29-34H2,1-4H3,(H,57,59)(H,60,67)/t38-,45+,49+,51+/m1/s1. The van der Waals surface area contributed by atoms with Gasteiger partial charge in [0.1, 0.15) is 24.0 Å². The van der Waals surface area contributed by atoms with Gasteiger partial charge in [0, 0.05) is 100 Å². The maximum Gasteiger partial charge on any atom is 0.297 e. The number of nitrogens with one attached hydrogen (secondary N) is 3. The molecule has 7 aliphatic rings. The molecule has 1 amide bonds. The van der Waals surface area contributed by atoms with Crippen molar-refractivity contribution in [3.05, 3.63) is 99.7 Å². The second-order valence-corrected chi connectivity index (χ2v) is 24.3. The quantitative estimate of drug-likeness (QED) is 0.0823. The molecule has 3 N–H and O–H groups in total. The molecule has 0 radical (unpaired) electrons. The summed E-state index contributed by atoms with van der Waals surface area (Å²) in [6.07, 6.45) is 6.28. The number of aromatic amines is 1. The van der Waals surface area contributed by atoms with E-state index >= 15 is 0 Å². The Morgan fingerprint density at radius 2 is 1.70 bits per heavy atom. The number of piperidine rings is 1. The second kappa shape index (κ2) is 20.4. The monoisotopic (exact) mass is 1060 g/mol. The molecule has 5 fully saturated rings. The van der Waals surface area contributed by atoms with Crippen LogP contribution in [0.15, 0.2) is 77.8 Å². The zero-order valence-corrected chi connectivity index (χ0v) is 44.7. The van der Waals surface area contributed by atoms with Crippen molar-refractivity contribution in [1.29, 1.82) is 0 Å². The fraction of sp³-hybridized carbons (Fsp3) is 0.536. The first kappa shape index (κ1) is 50.8. The number of morpholine rings is 1. The number of aromatic nitrogens is 2. The first-order valence-electron chi connectivity index (χ1n) is 27.3. The van der Waals surface area contributed by atoms with E-state index in [9.17, 15) is 23.3 Å². The number of carbonyl (C=O) groups is 1. The van der Waals surface area contributed by atoms with Crippen molar-refractivity contribution in [2.45, 2.75) is 107 Å². The third-order valence-corrected chi connectivity index (χ3v) is 18.7. The minimum atomic E-state index is -4.70. The summed E-state index contributed by atoms with van der Waals surface area (Å²) in [6.45, 7) is 18.0. The topological polar surface area (TPSA) is 200 Å². The highest BCUT2D eigenvalue weighted by molar-refractivity contribution is 7.90. The smallest absolute Gasteiger partial charge is 0.297 e. The van der Waals surface area contributed by atoms with Gasteiger partial charge in [0.25, 0.3) is 21.6 Å². The van der Waals surface area contributed by atoms with Crippen molar-refractivity contribution in [2.75, 3.05) is 101 Å². The molecule has 1 aliphatic carbocycles. The second-order valence-electron chi connectivity index (χ2n) is 22.6. The number of nitro groups is 1. The Balaban J connectivity index is 0.815. The maximum absolute atomic E-state index is 14.9. The van der Waals surface area contributed by atoms with Crippen molar-refractivity contribution in [1.82, 2.24) is 29.4 Å². The largest absolute Gasteiger partial charge is 0.489 e. The van der Waals surface area contributed by atoms with Gasteiger partial charge >= 0.3 is 0 Å². The molecule has 1 saturated carbocycles. The van der Waals surface area contributed by atoms with E-state index in [0.29, 0.717) is 73.7 Å². The van der Waals surface area contributed by atoms with Crippen molar-refractivity contribution < 1.29 is 37.1 Å². The molecule has 6 aliphatic heterocycles. The summed E-state index contributed by atoms with van der Waals surface area (Å²) >= 11 is 0. The number of amides is 1. The van der Waals surface area contributed by atoms with Gasteiger partial charge in [0.15, 0.2) is 11.4 Å². The Kier molecular flexibility index (Phi) is 13.6. The first-order chi connectivity index (χ1) is 36.7. The summed E-state index contributed by atoms with van der Waals surface area (Å²) in [6, 6.07) is 21.2. The Morgan fingerprint density at radius 3 is 2.47 bits per heavy atom. The minimum absolute atomic E-state index is 0.0328. The number of rotatable bonds is 12. The third kappa shape index (κ3) is 9.62. The fourth-order valence-corrected chi connectivity index (χ4v) is 14.2. The molecule has 5 aromatic rings. The summed E-state index contributed by atoms with van der Waals surface area (Å²) < 4.78 is 55.9.